The quantitative estimate of drug-likeness (QED) is 0.601. The highest BCUT2D eigenvalue weighted by Crippen LogP contribution is 2.40. The Morgan fingerprint density at radius 1 is 1.00 bits per heavy atom. The zero-order valence-corrected chi connectivity index (χ0v) is 16.6. The molecule has 5 rings (SSSR count). The number of fused-ring (bicyclic) bond motifs is 3. The standard InChI is InChI=1S/C21H20ClN7/c1-13-20-18-7-2-14(15-11-24-21(23)25-12-15)10-19(18)28(8-9-29(20)27-26-13)17-5-3-16(22)4-6-17/h2-7,10-12,26-27H,8-9H2,1H3,(H2,23,24,25). The molecule has 0 amide bonds. The first-order valence-electron chi connectivity index (χ1n) is 9.35. The number of anilines is 3. The van der Waals surface area contributed by atoms with Crippen molar-refractivity contribution in [1.29, 1.82) is 0 Å². The predicted molar refractivity (Wildman–Crippen MR) is 116 cm³/mol. The third-order valence-corrected chi connectivity index (χ3v) is 5.49. The van der Waals surface area contributed by atoms with Crippen LogP contribution in [0.3, 0.4) is 0 Å². The van der Waals surface area contributed by atoms with Crippen LogP contribution in [0.15, 0.2) is 60.6 Å². The first-order chi connectivity index (χ1) is 14.1. The molecule has 29 heavy (non-hydrogen) atoms. The van der Waals surface area contributed by atoms with Gasteiger partial charge < -0.3 is 16.1 Å². The number of nitrogen functional groups attached to an aromatic ring is 1. The van der Waals surface area contributed by atoms with Crippen molar-refractivity contribution in [3.63, 3.8) is 0 Å². The highest BCUT2D eigenvalue weighted by Gasteiger charge is 2.29. The minimum absolute atomic E-state index is 0.269. The Morgan fingerprint density at radius 3 is 2.52 bits per heavy atom. The number of hydrazine groups is 2. The molecule has 0 saturated carbocycles. The molecule has 0 atom stereocenters. The van der Waals surface area contributed by atoms with Crippen molar-refractivity contribution >= 4 is 34.6 Å². The molecule has 2 aliphatic rings. The van der Waals surface area contributed by atoms with E-state index in [1.807, 2.05) is 12.1 Å². The molecular formula is C21H20ClN7. The lowest BCUT2D eigenvalue weighted by molar-refractivity contribution is 0.294. The highest BCUT2D eigenvalue weighted by molar-refractivity contribution is 6.30. The number of aromatic nitrogens is 2. The van der Waals surface area contributed by atoms with Crippen molar-refractivity contribution in [2.45, 2.75) is 6.92 Å². The van der Waals surface area contributed by atoms with E-state index < -0.39 is 0 Å². The van der Waals surface area contributed by atoms with Crippen molar-refractivity contribution in [1.82, 2.24) is 25.9 Å². The van der Waals surface area contributed by atoms with Crippen LogP contribution in [0.5, 0.6) is 0 Å². The van der Waals surface area contributed by atoms with Crippen LogP contribution in [0.2, 0.25) is 5.02 Å². The summed E-state index contributed by atoms with van der Waals surface area (Å²) < 4.78 is 0. The highest BCUT2D eigenvalue weighted by atomic mass is 35.5. The molecule has 0 unspecified atom stereocenters. The van der Waals surface area contributed by atoms with Crippen LogP contribution in [0.25, 0.3) is 16.8 Å². The summed E-state index contributed by atoms with van der Waals surface area (Å²) in [7, 11) is 0. The molecule has 7 nitrogen and oxygen atoms in total. The van der Waals surface area contributed by atoms with Gasteiger partial charge in [-0.15, -0.1) is 5.53 Å². The van der Waals surface area contributed by atoms with Crippen molar-refractivity contribution in [3.8, 4) is 11.1 Å². The van der Waals surface area contributed by atoms with Crippen LogP contribution >= 0.6 is 11.6 Å². The number of halogens is 1. The number of benzene rings is 2. The summed E-state index contributed by atoms with van der Waals surface area (Å²) in [5.41, 5.74) is 19.7. The van der Waals surface area contributed by atoms with Gasteiger partial charge >= 0.3 is 0 Å². The van der Waals surface area contributed by atoms with Gasteiger partial charge in [0.1, 0.15) is 0 Å². The van der Waals surface area contributed by atoms with Crippen LogP contribution in [-0.4, -0.2) is 28.1 Å². The number of allylic oxidation sites excluding steroid dienone is 1. The molecule has 3 aromatic rings. The summed E-state index contributed by atoms with van der Waals surface area (Å²) >= 11 is 6.12. The maximum atomic E-state index is 6.12. The second kappa shape index (κ2) is 6.95. The largest absolute Gasteiger partial charge is 0.368 e. The van der Waals surface area contributed by atoms with Gasteiger partial charge in [-0.1, -0.05) is 23.7 Å². The fourth-order valence-electron chi connectivity index (χ4n) is 3.82. The summed E-state index contributed by atoms with van der Waals surface area (Å²) in [6.45, 7) is 3.70. The molecule has 8 heteroatoms. The molecule has 0 fully saturated rings. The SMILES string of the molecule is CC1=C2c3ccc(-c4cnc(N)nc4)cc3N(c3ccc(Cl)cc3)CCN2NN1. The minimum Gasteiger partial charge on any atom is -0.368 e. The van der Waals surface area contributed by atoms with E-state index in [9.17, 15) is 0 Å². The Bertz CT molecular complexity index is 1090. The number of hydrogen-bond acceptors (Lipinski definition) is 7. The number of nitrogens with one attached hydrogen (secondary N) is 2. The third-order valence-electron chi connectivity index (χ3n) is 5.24. The van der Waals surface area contributed by atoms with Gasteiger partial charge in [-0.05, 0) is 42.8 Å². The van der Waals surface area contributed by atoms with Gasteiger partial charge in [-0.3, -0.25) is 5.01 Å². The van der Waals surface area contributed by atoms with Crippen LogP contribution in [0, 0.1) is 0 Å². The monoisotopic (exact) mass is 405 g/mol. The van der Waals surface area contributed by atoms with E-state index in [0.29, 0.717) is 0 Å². The normalized spacial score (nSPS) is 15.7. The topological polar surface area (TPSA) is 82.3 Å². The van der Waals surface area contributed by atoms with Crippen LogP contribution < -0.4 is 21.6 Å². The molecule has 0 radical (unpaired) electrons. The van der Waals surface area contributed by atoms with Gasteiger partial charge in [-0.2, -0.15) is 0 Å². The average Bonchev–Trinajstić information content (AvgIpc) is 3.01. The van der Waals surface area contributed by atoms with Crippen molar-refractivity contribution in [2.75, 3.05) is 23.7 Å². The molecule has 146 valence electrons. The Balaban J connectivity index is 1.68. The lowest BCUT2D eigenvalue weighted by Gasteiger charge is -2.25. The van der Waals surface area contributed by atoms with Crippen LogP contribution in [-0.2, 0) is 0 Å². The number of nitrogens with two attached hydrogens (primary N) is 1. The number of hydrogen-bond donors (Lipinski definition) is 3. The maximum Gasteiger partial charge on any atom is 0.219 e. The second-order valence-electron chi connectivity index (χ2n) is 7.05. The summed E-state index contributed by atoms with van der Waals surface area (Å²) in [5.74, 6) is 0.269. The van der Waals surface area contributed by atoms with Gasteiger partial charge in [-0.25, -0.2) is 9.97 Å². The zero-order valence-electron chi connectivity index (χ0n) is 15.9. The van der Waals surface area contributed by atoms with Crippen molar-refractivity contribution in [3.05, 3.63) is 71.1 Å². The smallest absolute Gasteiger partial charge is 0.219 e. The van der Waals surface area contributed by atoms with Gasteiger partial charge in [0, 0.05) is 40.8 Å². The Morgan fingerprint density at radius 2 is 1.76 bits per heavy atom. The number of rotatable bonds is 2. The zero-order chi connectivity index (χ0) is 20.0. The molecule has 3 heterocycles. The first-order valence-corrected chi connectivity index (χ1v) is 9.73. The summed E-state index contributed by atoms with van der Waals surface area (Å²) in [4.78, 5) is 10.6. The van der Waals surface area contributed by atoms with Gasteiger partial charge in [0.15, 0.2) is 0 Å². The average molecular weight is 406 g/mol. The number of nitrogens with zero attached hydrogens (tertiary/aromatic N) is 4. The molecule has 2 aromatic carbocycles. The van der Waals surface area contributed by atoms with Crippen LogP contribution in [0.1, 0.15) is 12.5 Å². The Kier molecular flexibility index (Phi) is 4.26. The molecule has 0 spiro atoms. The summed E-state index contributed by atoms with van der Waals surface area (Å²) in [5, 5.41) is 2.87. The summed E-state index contributed by atoms with van der Waals surface area (Å²) in [6.07, 6.45) is 3.51. The van der Waals surface area contributed by atoms with Crippen molar-refractivity contribution in [2.24, 2.45) is 0 Å². The van der Waals surface area contributed by atoms with E-state index in [1.165, 1.54) is 0 Å². The van der Waals surface area contributed by atoms with E-state index in [2.05, 4.69) is 68.1 Å². The second-order valence-corrected chi connectivity index (χ2v) is 7.49. The molecular weight excluding hydrogens is 386 g/mol. The van der Waals surface area contributed by atoms with Gasteiger partial charge in [0.05, 0.1) is 23.6 Å². The van der Waals surface area contributed by atoms with E-state index >= 15 is 0 Å². The van der Waals surface area contributed by atoms with E-state index in [-0.39, 0.29) is 5.95 Å². The molecule has 4 N–H and O–H groups in total. The fraction of sp³-hybridized carbons (Fsp3) is 0.143. The lowest BCUT2D eigenvalue weighted by atomic mass is 10.0. The third kappa shape index (κ3) is 3.14. The maximum absolute atomic E-state index is 6.12. The molecule has 2 aliphatic heterocycles. The van der Waals surface area contributed by atoms with Crippen LogP contribution in [0.4, 0.5) is 17.3 Å². The fourth-order valence-corrected chi connectivity index (χ4v) is 3.94. The Hall–Kier alpha value is -3.29. The molecule has 0 aliphatic carbocycles. The molecule has 0 saturated heterocycles. The van der Waals surface area contributed by atoms with Crippen molar-refractivity contribution < 1.29 is 0 Å². The minimum atomic E-state index is 0.269. The molecule has 1 aromatic heterocycles. The Labute approximate surface area is 173 Å². The van der Waals surface area contributed by atoms with Gasteiger partial charge in [0.25, 0.3) is 0 Å². The summed E-state index contributed by atoms with van der Waals surface area (Å²) in [6, 6.07) is 14.4. The van der Waals surface area contributed by atoms with E-state index in [4.69, 9.17) is 17.3 Å². The first kappa shape index (κ1) is 17.8. The predicted octanol–water partition coefficient (Wildman–Crippen LogP) is 3.54. The van der Waals surface area contributed by atoms with E-state index in [1.54, 1.807) is 12.4 Å². The van der Waals surface area contributed by atoms with E-state index in [0.717, 1.165) is 57.6 Å². The van der Waals surface area contributed by atoms with Gasteiger partial charge in [0.2, 0.25) is 5.95 Å². The lowest BCUT2D eigenvalue weighted by Crippen LogP contribution is -2.40. The molecule has 0 bridgehead atoms.